The minimum absolute atomic E-state index is 0.259. The van der Waals surface area contributed by atoms with Gasteiger partial charge in [-0.25, -0.2) is 0 Å². The lowest BCUT2D eigenvalue weighted by molar-refractivity contribution is -0.765. The monoisotopic (exact) mass is 255 g/mol. The van der Waals surface area contributed by atoms with Crippen molar-refractivity contribution in [2.75, 3.05) is 6.61 Å². The highest BCUT2D eigenvalue weighted by Gasteiger charge is 2.47. The van der Waals surface area contributed by atoms with Crippen LogP contribution in [0.2, 0.25) is 0 Å². The van der Waals surface area contributed by atoms with Gasteiger partial charge in [-0.2, -0.15) is 4.57 Å². The largest absolute Gasteiger partial charge is 0.394 e. The summed E-state index contributed by atoms with van der Waals surface area (Å²) in [6, 6.07) is 3.11. The van der Waals surface area contributed by atoms with Crippen LogP contribution in [0.15, 0.2) is 24.5 Å². The number of pyridine rings is 1. The van der Waals surface area contributed by atoms with Crippen LogP contribution < -0.4 is 10.3 Å². The summed E-state index contributed by atoms with van der Waals surface area (Å²) in [7, 11) is 0. The summed E-state index contributed by atoms with van der Waals surface area (Å²) in [4.78, 5) is 11.1. The van der Waals surface area contributed by atoms with E-state index in [4.69, 9.17) is 15.6 Å². The molecular weight excluding hydrogens is 240 g/mol. The molecule has 0 aliphatic carbocycles. The highest BCUT2D eigenvalue weighted by atomic mass is 16.6. The van der Waals surface area contributed by atoms with Crippen molar-refractivity contribution < 1.29 is 29.4 Å². The van der Waals surface area contributed by atoms with Crippen molar-refractivity contribution in [3.63, 3.8) is 0 Å². The van der Waals surface area contributed by atoms with Crippen molar-refractivity contribution in [3.05, 3.63) is 30.1 Å². The van der Waals surface area contributed by atoms with Gasteiger partial charge in [-0.1, -0.05) is 0 Å². The standard InChI is InChI=1S/C11H14N2O5/c12-10(17)6-2-1-3-13(4-6)11-9(16)8(15)7(5-14)18-11/h1-4,7-9,11,14-16H,5H2,(H-,12,17)/p+1/t7-,8?,9+,11?/m0/s1. The number of hydrogen-bond donors (Lipinski definition) is 4. The van der Waals surface area contributed by atoms with E-state index in [9.17, 15) is 15.0 Å². The summed E-state index contributed by atoms with van der Waals surface area (Å²) in [6.07, 6.45) is -1.08. The molecule has 0 aromatic carbocycles. The van der Waals surface area contributed by atoms with Gasteiger partial charge in [0.15, 0.2) is 18.5 Å². The first kappa shape index (κ1) is 12.9. The molecule has 7 nitrogen and oxygen atoms in total. The highest BCUT2D eigenvalue weighted by Crippen LogP contribution is 2.24. The van der Waals surface area contributed by atoms with Gasteiger partial charge in [0.1, 0.15) is 17.8 Å². The second kappa shape index (κ2) is 4.99. The van der Waals surface area contributed by atoms with E-state index in [0.717, 1.165) is 0 Å². The van der Waals surface area contributed by atoms with Crippen LogP contribution in [0.4, 0.5) is 0 Å². The zero-order valence-corrected chi connectivity index (χ0v) is 9.51. The van der Waals surface area contributed by atoms with E-state index in [1.165, 1.54) is 16.8 Å². The molecule has 1 aliphatic rings. The number of aliphatic hydroxyl groups is 3. The maximum absolute atomic E-state index is 11.1. The van der Waals surface area contributed by atoms with E-state index in [1.54, 1.807) is 12.3 Å². The molecule has 0 saturated carbocycles. The Hall–Kier alpha value is -1.54. The van der Waals surface area contributed by atoms with Gasteiger partial charge in [0, 0.05) is 6.07 Å². The first-order chi connectivity index (χ1) is 8.54. The fourth-order valence-electron chi connectivity index (χ4n) is 1.92. The lowest BCUT2D eigenvalue weighted by atomic mass is 10.1. The van der Waals surface area contributed by atoms with E-state index >= 15 is 0 Å². The van der Waals surface area contributed by atoms with Gasteiger partial charge in [0.25, 0.3) is 12.1 Å². The van der Waals surface area contributed by atoms with E-state index in [-0.39, 0.29) is 5.56 Å². The van der Waals surface area contributed by atoms with E-state index < -0.39 is 37.1 Å². The van der Waals surface area contributed by atoms with Gasteiger partial charge in [0.05, 0.1) is 6.61 Å². The number of carbonyl (C=O) groups excluding carboxylic acids is 1. The summed E-state index contributed by atoms with van der Waals surface area (Å²) >= 11 is 0. The van der Waals surface area contributed by atoms with Crippen molar-refractivity contribution >= 4 is 5.91 Å². The number of nitrogens with zero attached hydrogens (tertiary/aromatic N) is 1. The number of amides is 1. The second-order valence-electron chi connectivity index (χ2n) is 4.13. The van der Waals surface area contributed by atoms with Gasteiger partial charge in [0.2, 0.25) is 0 Å². The lowest BCUT2D eigenvalue weighted by Crippen LogP contribution is -2.46. The van der Waals surface area contributed by atoms with Crippen molar-refractivity contribution in [3.8, 4) is 0 Å². The van der Waals surface area contributed by atoms with Crippen LogP contribution in [-0.2, 0) is 4.74 Å². The number of hydrogen-bond acceptors (Lipinski definition) is 5. The summed E-state index contributed by atoms with van der Waals surface area (Å²) in [5.41, 5.74) is 5.41. The van der Waals surface area contributed by atoms with Crippen molar-refractivity contribution in [2.24, 2.45) is 5.73 Å². The Bertz CT molecular complexity index is 453. The third-order valence-electron chi connectivity index (χ3n) is 2.92. The predicted molar refractivity (Wildman–Crippen MR) is 58.2 cm³/mol. The number of rotatable bonds is 3. The second-order valence-corrected chi connectivity index (χ2v) is 4.13. The van der Waals surface area contributed by atoms with E-state index in [1.807, 2.05) is 0 Å². The van der Waals surface area contributed by atoms with Crippen LogP contribution in [0, 0.1) is 0 Å². The molecule has 1 fully saturated rings. The molecule has 1 saturated heterocycles. The molecule has 1 aromatic heterocycles. The molecular formula is C11H15N2O5+. The molecule has 2 heterocycles. The van der Waals surface area contributed by atoms with Gasteiger partial charge in [-0.05, 0) is 6.07 Å². The van der Waals surface area contributed by atoms with Gasteiger partial charge in [-0.3, -0.25) is 4.79 Å². The Morgan fingerprint density at radius 1 is 1.44 bits per heavy atom. The quantitative estimate of drug-likeness (QED) is 0.453. The fourth-order valence-corrected chi connectivity index (χ4v) is 1.92. The van der Waals surface area contributed by atoms with Crippen LogP contribution in [0.1, 0.15) is 16.6 Å². The summed E-state index contributed by atoms with van der Waals surface area (Å²) in [5, 5.41) is 28.4. The maximum atomic E-state index is 11.1. The summed E-state index contributed by atoms with van der Waals surface area (Å²) in [6.45, 7) is -0.398. The van der Waals surface area contributed by atoms with Crippen LogP contribution in [0.25, 0.3) is 0 Å². The van der Waals surface area contributed by atoms with Gasteiger partial charge >= 0.3 is 0 Å². The number of nitrogens with two attached hydrogens (primary N) is 1. The SMILES string of the molecule is NC(=O)c1ccc[n+](C2O[C@@H](CO)C(O)[C@H]2O)c1. The smallest absolute Gasteiger partial charge is 0.292 e. The molecule has 5 N–H and O–H groups in total. The number of carbonyl (C=O) groups is 1. The lowest BCUT2D eigenvalue weighted by Gasteiger charge is -2.09. The van der Waals surface area contributed by atoms with Crippen molar-refractivity contribution in [1.29, 1.82) is 0 Å². The summed E-state index contributed by atoms with van der Waals surface area (Å²) < 4.78 is 6.75. The Morgan fingerprint density at radius 3 is 2.72 bits per heavy atom. The van der Waals surface area contributed by atoms with Crippen LogP contribution in [0.3, 0.4) is 0 Å². The molecule has 0 radical (unpaired) electrons. The average molecular weight is 255 g/mol. The topological polar surface area (TPSA) is 117 Å². The average Bonchev–Trinajstić information content (AvgIpc) is 2.66. The molecule has 4 atom stereocenters. The molecule has 18 heavy (non-hydrogen) atoms. The van der Waals surface area contributed by atoms with E-state index in [0.29, 0.717) is 0 Å². The molecule has 1 amide bonds. The Balaban J connectivity index is 2.27. The van der Waals surface area contributed by atoms with Crippen LogP contribution >= 0.6 is 0 Å². The minimum Gasteiger partial charge on any atom is -0.394 e. The van der Waals surface area contributed by atoms with Crippen LogP contribution in [0.5, 0.6) is 0 Å². The van der Waals surface area contributed by atoms with Gasteiger partial charge in [-0.15, -0.1) is 0 Å². The molecule has 1 aromatic rings. The fraction of sp³-hybridized carbons (Fsp3) is 0.455. The third-order valence-corrected chi connectivity index (χ3v) is 2.92. The molecule has 7 heteroatoms. The normalized spacial score (nSPS) is 31.5. The van der Waals surface area contributed by atoms with Gasteiger partial charge < -0.3 is 25.8 Å². The molecule has 98 valence electrons. The number of ether oxygens (including phenoxy) is 1. The highest BCUT2D eigenvalue weighted by molar-refractivity contribution is 5.92. The Morgan fingerprint density at radius 2 is 2.17 bits per heavy atom. The number of aliphatic hydroxyl groups excluding tert-OH is 3. The van der Waals surface area contributed by atoms with Crippen molar-refractivity contribution in [1.82, 2.24) is 0 Å². The minimum atomic E-state index is -1.18. The molecule has 2 rings (SSSR count). The number of primary amides is 1. The predicted octanol–water partition coefficient (Wildman–Crippen LogP) is -2.32. The number of aromatic nitrogens is 1. The van der Waals surface area contributed by atoms with Crippen LogP contribution in [-0.4, -0.2) is 46.1 Å². The maximum Gasteiger partial charge on any atom is 0.292 e. The first-order valence-corrected chi connectivity index (χ1v) is 5.47. The third kappa shape index (κ3) is 2.21. The summed E-state index contributed by atoms with van der Waals surface area (Å²) in [5.74, 6) is -0.601. The Labute approximate surface area is 103 Å². The zero-order chi connectivity index (χ0) is 13.3. The first-order valence-electron chi connectivity index (χ1n) is 5.47. The van der Waals surface area contributed by atoms with E-state index in [2.05, 4.69) is 0 Å². The molecule has 2 unspecified atom stereocenters. The van der Waals surface area contributed by atoms with Crippen molar-refractivity contribution in [2.45, 2.75) is 24.5 Å². The Kier molecular flexibility index (Phi) is 3.58. The molecule has 0 bridgehead atoms. The molecule has 1 aliphatic heterocycles. The zero-order valence-electron chi connectivity index (χ0n) is 9.51. The molecule has 0 spiro atoms.